The van der Waals surface area contributed by atoms with Crippen LogP contribution in [-0.2, 0) is 6.54 Å². The predicted octanol–water partition coefficient (Wildman–Crippen LogP) is 4.41. The number of benzene rings is 2. The molecule has 4 heteroatoms. The standard InChI is InChI=1S/C21H21N3O/c1-16-7-6-10-19(11-16)23-20-12-18(13-22-14-20)21(25)24(2)15-17-8-4-3-5-9-17/h3-14,23H,15H2,1-2H3. The van der Waals surface area contributed by atoms with Gasteiger partial charge in [0.2, 0.25) is 0 Å². The number of amides is 1. The smallest absolute Gasteiger partial charge is 0.255 e. The lowest BCUT2D eigenvalue weighted by atomic mass is 10.2. The van der Waals surface area contributed by atoms with Crippen molar-refractivity contribution >= 4 is 17.3 Å². The molecule has 0 radical (unpaired) electrons. The van der Waals surface area contributed by atoms with E-state index in [-0.39, 0.29) is 5.91 Å². The summed E-state index contributed by atoms with van der Waals surface area (Å²) < 4.78 is 0. The van der Waals surface area contributed by atoms with Gasteiger partial charge in [0.25, 0.3) is 5.91 Å². The molecule has 1 heterocycles. The third kappa shape index (κ3) is 4.44. The molecule has 3 aromatic rings. The molecule has 1 amide bonds. The van der Waals surface area contributed by atoms with Gasteiger partial charge in [-0.15, -0.1) is 0 Å². The van der Waals surface area contributed by atoms with Gasteiger partial charge in [0, 0.05) is 25.5 Å². The Kier molecular flexibility index (Phi) is 5.09. The van der Waals surface area contributed by atoms with Crippen molar-refractivity contribution in [1.82, 2.24) is 9.88 Å². The van der Waals surface area contributed by atoms with Crippen LogP contribution in [-0.4, -0.2) is 22.8 Å². The van der Waals surface area contributed by atoms with E-state index in [1.807, 2.05) is 61.5 Å². The van der Waals surface area contributed by atoms with Crippen LogP contribution in [0.4, 0.5) is 11.4 Å². The van der Waals surface area contributed by atoms with Gasteiger partial charge in [0.05, 0.1) is 17.4 Å². The Morgan fingerprint density at radius 1 is 1.00 bits per heavy atom. The maximum Gasteiger partial charge on any atom is 0.255 e. The van der Waals surface area contributed by atoms with E-state index in [0.717, 1.165) is 16.9 Å². The molecular formula is C21H21N3O. The Morgan fingerprint density at radius 3 is 2.56 bits per heavy atom. The number of carbonyl (C=O) groups excluding carboxylic acids is 1. The first-order valence-electron chi connectivity index (χ1n) is 8.20. The van der Waals surface area contributed by atoms with E-state index >= 15 is 0 Å². The molecule has 0 saturated heterocycles. The summed E-state index contributed by atoms with van der Waals surface area (Å²) in [7, 11) is 1.80. The topological polar surface area (TPSA) is 45.2 Å². The van der Waals surface area contributed by atoms with Crippen molar-refractivity contribution in [3.63, 3.8) is 0 Å². The summed E-state index contributed by atoms with van der Waals surface area (Å²) in [5.74, 6) is -0.0516. The summed E-state index contributed by atoms with van der Waals surface area (Å²) >= 11 is 0. The fourth-order valence-electron chi connectivity index (χ4n) is 2.66. The lowest BCUT2D eigenvalue weighted by Gasteiger charge is -2.17. The van der Waals surface area contributed by atoms with Gasteiger partial charge >= 0.3 is 0 Å². The monoisotopic (exact) mass is 331 g/mol. The van der Waals surface area contributed by atoms with E-state index in [9.17, 15) is 4.79 Å². The summed E-state index contributed by atoms with van der Waals surface area (Å²) in [5.41, 5.74) is 4.61. The number of pyridine rings is 1. The van der Waals surface area contributed by atoms with Crippen LogP contribution in [0.15, 0.2) is 73.1 Å². The van der Waals surface area contributed by atoms with E-state index in [1.165, 1.54) is 5.56 Å². The molecule has 0 atom stereocenters. The van der Waals surface area contributed by atoms with Crippen LogP contribution in [0.25, 0.3) is 0 Å². The average molecular weight is 331 g/mol. The van der Waals surface area contributed by atoms with Gasteiger partial charge < -0.3 is 10.2 Å². The van der Waals surface area contributed by atoms with Crippen molar-refractivity contribution in [3.8, 4) is 0 Å². The van der Waals surface area contributed by atoms with Crippen molar-refractivity contribution in [2.45, 2.75) is 13.5 Å². The SMILES string of the molecule is Cc1cccc(Nc2cncc(C(=O)N(C)Cc3ccccc3)c2)c1. The van der Waals surface area contributed by atoms with Crippen LogP contribution in [0.5, 0.6) is 0 Å². The van der Waals surface area contributed by atoms with Crippen LogP contribution in [0.1, 0.15) is 21.5 Å². The number of hydrogen-bond donors (Lipinski definition) is 1. The molecule has 1 N–H and O–H groups in total. The second kappa shape index (κ2) is 7.62. The number of aryl methyl sites for hydroxylation is 1. The maximum atomic E-state index is 12.7. The van der Waals surface area contributed by atoms with Crippen LogP contribution < -0.4 is 5.32 Å². The summed E-state index contributed by atoms with van der Waals surface area (Å²) in [5, 5.41) is 3.30. The molecule has 4 nitrogen and oxygen atoms in total. The van der Waals surface area contributed by atoms with Crippen molar-refractivity contribution in [2.24, 2.45) is 0 Å². The van der Waals surface area contributed by atoms with Gasteiger partial charge in [-0.3, -0.25) is 9.78 Å². The quantitative estimate of drug-likeness (QED) is 0.753. The zero-order chi connectivity index (χ0) is 17.6. The molecule has 0 saturated carbocycles. The van der Waals surface area contributed by atoms with Gasteiger partial charge in [-0.25, -0.2) is 0 Å². The van der Waals surface area contributed by atoms with Crippen LogP contribution in [0, 0.1) is 6.92 Å². The highest BCUT2D eigenvalue weighted by Gasteiger charge is 2.13. The Bertz CT molecular complexity index is 862. The third-order valence-corrected chi connectivity index (χ3v) is 3.90. The first-order chi connectivity index (χ1) is 12.1. The Hall–Kier alpha value is -3.14. The zero-order valence-corrected chi connectivity index (χ0v) is 14.4. The van der Waals surface area contributed by atoms with Crippen LogP contribution >= 0.6 is 0 Å². The number of anilines is 2. The molecule has 1 aromatic heterocycles. The van der Waals surface area contributed by atoms with E-state index < -0.39 is 0 Å². The summed E-state index contributed by atoms with van der Waals surface area (Å²) in [6.07, 6.45) is 3.32. The van der Waals surface area contributed by atoms with E-state index in [2.05, 4.69) is 16.4 Å². The summed E-state index contributed by atoms with van der Waals surface area (Å²) in [6.45, 7) is 2.61. The molecule has 2 aromatic carbocycles. The molecule has 25 heavy (non-hydrogen) atoms. The minimum absolute atomic E-state index is 0.0516. The minimum atomic E-state index is -0.0516. The molecule has 0 fully saturated rings. The van der Waals surface area contributed by atoms with E-state index in [0.29, 0.717) is 12.1 Å². The van der Waals surface area contributed by atoms with E-state index in [1.54, 1.807) is 24.3 Å². The van der Waals surface area contributed by atoms with Crippen molar-refractivity contribution in [3.05, 3.63) is 89.7 Å². The Balaban J connectivity index is 1.73. The molecule has 126 valence electrons. The molecule has 0 aliphatic heterocycles. The minimum Gasteiger partial charge on any atom is -0.354 e. The largest absolute Gasteiger partial charge is 0.354 e. The van der Waals surface area contributed by atoms with Crippen LogP contribution in [0.3, 0.4) is 0 Å². The van der Waals surface area contributed by atoms with Crippen molar-refractivity contribution < 1.29 is 4.79 Å². The number of rotatable bonds is 5. The number of carbonyl (C=O) groups is 1. The lowest BCUT2D eigenvalue weighted by Crippen LogP contribution is -2.26. The third-order valence-electron chi connectivity index (χ3n) is 3.90. The van der Waals surface area contributed by atoms with Gasteiger partial charge in [-0.2, -0.15) is 0 Å². The molecule has 0 aliphatic rings. The second-order valence-corrected chi connectivity index (χ2v) is 6.10. The van der Waals surface area contributed by atoms with Crippen molar-refractivity contribution in [1.29, 1.82) is 0 Å². The molecular weight excluding hydrogens is 310 g/mol. The van der Waals surface area contributed by atoms with Crippen molar-refractivity contribution in [2.75, 3.05) is 12.4 Å². The Labute approximate surface area is 148 Å². The number of nitrogens with one attached hydrogen (secondary N) is 1. The van der Waals surface area contributed by atoms with E-state index in [4.69, 9.17) is 0 Å². The summed E-state index contributed by atoms with van der Waals surface area (Å²) in [4.78, 5) is 18.6. The van der Waals surface area contributed by atoms with Gasteiger partial charge in [-0.1, -0.05) is 42.5 Å². The first-order valence-corrected chi connectivity index (χ1v) is 8.20. The van der Waals surface area contributed by atoms with Gasteiger partial charge in [-0.05, 0) is 36.2 Å². The molecule has 0 unspecified atom stereocenters. The summed E-state index contributed by atoms with van der Waals surface area (Å²) in [6, 6.07) is 19.8. The molecule has 0 bridgehead atoms. The normalized spacial score (nSPS) is 10.3. The number of aromatic nitrogens is 1. The molecule has 0 aliphatic carbocycles. The van der Waals surface area contributed by atoms with Crippen LogP contribution in [0.2, 0.25) is 0 Å². The lowest BCUT2D eigenvalue weighted by molar-refractivity contribution is 0.0784. The number of hydrogen-bond acceptors (Lipinski definition) is 3. The van der Waals surface area contributed by atoms with Gasteiger partial charge in [0.15, 0.2) is 0 Å². The number of nitrogens with zero attached hydrogens (tertiary/aromatic N) is 2. The highest BCUT2D eigenvalue weighted by atomic mass is 16.2. The molecule has 0 spiro atoms. The highest BCUT2D eigenvalue weighted by molar-refractivity contribution is 5.94. The second-order valence-electron chi connectivity index (χ2n) is 6.10. The average Bonchev–Trinajstić information content (AvgIpc) is 2.62. The zero-order valence-electron chi connectivity index (χ0n) is 14.4. The fourth-order valence-corrected chi connectivity index (χ4v) is 2.66. The molecule has 3 rings (SSSR count). The Morgan fingerprint density at radius 2 is 1.80 bits per heavy atom. The fraction of sp³-hybridized carbons (Fsp3) is 0.143. The van der Waals surface area contributed by atoms with Gasteiger partial charge in [0.1, 0.15) is 0 Å². The predicted molar refractivity (Wildman–Crippen MR) is 101 cm³/mol. The highest BCUT2D eigenvalue weighted by Crippen LogP contribution is 2.18. The maximum absolute atomic E-state index is 12.7. The first kappa shape index (κ1) is 16.7.